The second kappa shape index (κ2) is 9.17. The van der Waals surface area contributed by atoms with Gasteiger partial charge in [0.05, 0.1) is 17.8 Å². The number of anilines is 1. The first-order valence-electron chi connectivity index (χ1n) is 10.4. The number of rotatable bonds is 6. The molecule has 3 heterocycles. The summed E-state index contributed by atoms with van der Waals surface area (Å²) >= 11 is 2.62. The van der Waals surface area contributed by atoms with Gasteiger partial charge >= 0.3 is 0 Å². The van der Waals surface area contributed by atoms with E-state index in [-0.39, 0.29) is 17.2 Å². The molecule has 6 nitrogen and oxygen atoms in total. The van der Waals surface area contributed by atoms with Gasteiger partial charge in [-0.25, -0.2) is 9.97 Å². The Labute approximate surface area is 198 Å². The van der Waals surface area contributed by atoms with Crippen LogP contribution in [0.2, 0.25) is 0 Å². The first-order chi connectivity index (χ1) is 16.1. The molecule has 1 N–H and O–H groups in total. The van der Waals surface area contributed by atoms with E-state index in [9.17, 15) is 9.59 Å². The van der Waals surface area contributed by atoms with Gasteiger partial charge in [-0.2, -0.15) is 0 Å². The van der Waals surface area contributed by atoms with Crippen LogP contribution in [-0.2, 0) is 11.3 Å². The maximum Gasteiger partial charge on any atom is 0.272 e. The van der Waals surface area contributed by atoms with Crippen molar-refractivity contribution in [1.29, 1.82) is 0 Å². The molecule has 0 unspecified atom stereocenters. The van der Waals surface area contributed by atoms with Crippen molar-refractivity contribution >= 4 is 55.1 Å². The van der Waals surface area contributed by atoms with Crippen LogP contribution in [0.1, 0.15) is 11.1 Å². The predicted molar refractivity (Wildman–Crippen MR) is 135 cm³/mol. The molecule has 164 valence electrons. The normalized spacial score (nSPS) is 11.2. The van der Waals surface area contributed by atoms with Gasteiger partial charge in [-0.15, -0.1) is 11.3 Å². The van der Waals surface area contributed by atoms with Crippen molar-refractivity contribution in [3.63, 3.8) is 0 Å². The average molecular weight is 473 g/mol. The molecular weight excluding hydrogens is 452 g/mol. The zero-order valence-electron chi connectivity index (χ0n) is 17.8. The summed E-state index contributed by atoms with van der Waals surface area (Å²) in [6, 6.07) is 21.2. The summed E-state index contributed by atoms with van der Waals surface area (Å²) in [5.74, 6) is -0.0101. The number of carbonyl (C=O) groups is 1. The van der Waals surface area contributed by atoms with E-state index in [0.717, 1.165) is 27.0 Å². The third-order valence-corrected chi connectivity index (χ3v) is 7.20. The Morgan fingerprint density at radius 3 is 2.76 bits per heavy atom. The number of carbonyl (C=O) groups excluding carboxylic acids is 1. The van der Waals surface area contributed by atoms with Crippen LogP contribution in [0.5, 0.6) is 0 Å². The minimum Gasteiger partial charge on any atom is -0.325 e. The highest BCUT2D eigenvalue weighted by Crippen LogP contribution is 2.30. The summed E-state index contributed by atoms with van der Waals surface area (Å²) in [4.78, 5) is 36.1. The van der Waals surface area contributed by atoms with Gasteiger partial charge in [0.25, 0.3) is 5.56 Å². The lowest BCUT2D eigenvalue weighted by Crippen LogP contribution is -2.24. The number of hydrogen-bond donors (Lipinski definition) is 1. The Balaban J connectivity index is 1.51. The molecule has 0 aliphatic carbocycles. The van der Waals surface area contributed by atoms with E-state index in [0.29, 0.717) is 21.9 Å². The number of thioether (sulfide) groups is 1. The molecule has 5 aromatic rings. The first-order valence-corrected chi connectivity index (χ1v) is 12.2. The van der Waals surface area contributed by atoms with Crippen molar-refractivity contribution in [3.8, 4) is 0 Å². The van der Waals surface area contributed by atoms with Crippen molar-refractivity contribution in [1.82, 2.24) is 14.5 Å². The number of aryl methyl sites for hydroxylation is 1. The number of nitrogens with one attached hydrogen (secondary N) is 1. The third kappa shape index (κ3) is 4.53. The molecule has 0 fully saturated rings. The number of thiophene rings is 1. The van der Waals surface area contributed by atoms with Gasteiger partial charge in [-0.05, 0) is 42.3 Å². The first kappa shape index (κ1) is 21.4. The van der Waals surface area contributed by atoms with Gasteiger partial charge in [-0.1, -0.05) is 54.2 Å². The Kier molecular flexibility index (Phi) is 5.93. The lowest BCUT2D eigenvalue weighted by atomic mass is 10.2. The molecule has 1 amide bonds. The smallest absolute Gasteiger partial charge is 0.272 e. The highest BCUT2D eigenvalue weighted by atomic mass is 32.2. The maximum absolute atomic E-state index is 13.5. The van der Waals surface area contributed by atoms with Crippen molar-refractivity contribution in [2.75, 3.05) is 11.1 Å². The topological polar surface area (TPSA) is 76.9 Å². The molecule has 0 aliphatic rings. The maximum atomic E-state index is 13.5. The third-order valence-electron chi connectivity index (χ3n) is 5.14. The molecule has 0 aliphatic heterocycles. The second-order valence-electron chi connectivity index (χ2n) is 7.61. The van der Waals surface area contributed by atoms with E-state index in [1.165, 1.54) is 23.1 Å². The number of benzene rings is 2. The van der Waals surface area contributed by atoms with Gasteiger partial charge in [0, 0.05) is 17.3 Å². The molecule has 0 radical (unpaired) electrons. The van der Waals surface area contributed by atoms with Crippen LogP contribution in [-0.4, -0.2) is 26.2 Å². The van der Waals surface area contributed by atoms with Crippen molar-refractivity contribution in [2.24, 2.45) is 0 Å². The molecular formula is C25H20N4O2S2. The lowest BCUT2D eigenvalue weighted by Gasteiger charge is -2.12. The molecule has 3 aromatic heterocycles. The fourth-order valence-electron chi connectivity index (χ4n) is 3.61. The summed E-state index contributed by atoms with van der Waals surface area (Å²) < 4.78 is 2.23. The van der Waals surface area contributed by atoms with E-state index in [4.69, 9.17) is 4.98 Å². The van der Waals surface area contributed by atoms with Gasteiger partial charge in [0.1, 0.15) is 9.53 Å². The van der Waals surface area contributed by atoms with Gasteiger partial charge in [-0.3, -0.25) is 14.2 Å². The minimum absolute atomic E-state index is 0.117. The Morgan fingerprint density at radius 1 is 1.09 bits per heavy atom. The van der Waals surface area contributed by atoms with Crippen LogP contribution in [0.3, 0.4) is 0 Å². The molecule has 0 atom stereocenters. The zero-order valence-corrected chi connectivity index (χ0v) is 19.5. The Morgan fingerprint density at radius 2 is 1.94 bits per heavy atom. The quantitative estimate of drug-likeness (QED) is 0.275. The molecule has 0 bridgehead atoms. The van der Waals surface area contributed by atoms with E-state index < -0.39 is 0 Å². The lowest BCUT2D eigenvalue weighted by molar-refractivity contribution is -0.113. The van der Waals surface area contributed by atoms with E-state index in [2.05, 4.69) is 10.3 Å². The standard InChI is InChI=1S/C25H20N4O2S2/c1-16-7-5-10-18(13-16)27-20(30)15-32-25-28-21-19-11-6-12-26-23(19)33-22(21)24(31)29(25)14-17-8-3-2-4-9-17/h2-13H,14-15H2,1H3,(H,27,30). The number of aromatic nitrogens is 3. The largest absolute Gasteiger partial charge is 0.325 e. The van der Waals surface area contributed by atoms with Crippen LogP contribution in [0.4, 0.5) is 5.69 Å². The van der Waals surface area contributed by atoms with Gasteiger partial charge < -0.3 is 5.32 Å². The summed E-state index contributed by atoms with van der Waals surface area (Å²) in [7, 11) is 0. The summed E-state index contributed by atoms with van der Waals surface area (Å²) in [6.07, 6.45) is 1.71. The Bertz CT molecular complexity index is 1530. The molecule has 0 saturated heterocycles. The number of pyridine rings is 1. The van der Waals surface area contributed by atoms with E-state index in [1.807, 2.05) is 73.7 Å². The molecule has 33 heavy (non-hydrogen) atoms. The van der Waals surface area contributed by atoms with Crippen LogP contribution in [0.15, 0.2) is 82.9 Å². The average Bonchev–Trinajstić information content (AvgIpc) is 3.19. The van der Waals surface area contributed by atoms with Crippen LogP contribution < -0.4 is 10.9 Å². The fourth-order valence-corrected chi connectivity index (χ4v) is 5.43. The van der Waals surface area contributed by atoms with E-state index >= 15 is 0 Å². The van der Waals surface area contributed by atoms with Crippen LogP contribution >= 0.6 is 23.1 Å². The van der Waals surface area contributed by atoms with Crippen LogP contribution in [0.25, 0.3) is 20.4 Å². The zero-order chi connectivity index (χ0) is 22.8. The number of fused-ring (bicyclic) bond motifs is 3. The Hall–Kier alpha value is -3.49. The SMILES string of the molecule is Cc1cccc(NC(=O)CSc2nc3c(sc4ncccc43)c(=O)n2Cc2ccccc2)c1. The van der Waals surface area contributed by atoms with Crippen LogP contribution in [0, 0.1) is 6.92 Å². The fraction of sp³-hybridized carbons (Fsp3) is 0.120. The van der Waals surface area contributed by atoms with Gasteiger partial charge in [0.2, 0.25) is 5.91 Å². The van der Waals surface area contributed by atoms with Gasteiger partial charge in [0.15, 0.2) is 5.16 Å². The second-order valence-corrected chi connectivity index (χ2v) is 9.56. The monoisotopic (exact) mass is 472 g/mol. The summed E-state index contributed by atoms with van der Waals surface area (Å²) in [5.41, 5.74) is 3.33. The molecule has 2 aromatic carbocycles. The van der Waals surface area contributed by atoms with Crippen molar-refractivity contribution < 1.29 is 4.79 Å². The minimum atomic E-state index is -0.150. The molecule has 0 saturated carbocycles. The number of hydrogen-bond acceptors (Lipinski definition) is 6. The highest BCUT2D eigenvalue weighted by molar-refractivity contribution is 7.99. The van der Waals surface area contributed by atoms with Crippen molar-refractivity contribution in [2.45, 2.75) is 18.6 Å². The number of amides is 1. The molecule has 8 heteroatoms. The predicted octanol–water partition coefficient (Wildman–Crippen LogP) is 5.09. The highest BCUT2D eigenvalue weighted by Gasteiger charge is 2.18. The summed E-state index contributed by atoms with van der Waals surface area (Å²) in [5, 5.41) is 4.28. The van der Waals surface area contributed by atoms with Crippen molar-refractivity contribution in [3.05, 3.63) is 94.4 Å². The summed E-state index contributed by atoms with van der Waals surface area (Å²) in [6.45, 7) is 2.36. The van der Waals surface area contributed by atoms with E-state index in [1.54, 1.807) is 10.8 Å². The molecule has 0 spiro atoms. The molecule has 5 rings (SSSR count). The number of nitrogens with zero attached hydrogens (tertiary/aromatic N) is 3.